The summed E-state index contributed by atoms with van der Waals surface area (Å²) in [6.45, 7) is 0. The Hall–Kier alpha value is -2.69. The smallest absolute Gasteiger partial charge is 0.265 e. The minimum absolute atomic E-state index is 0.139. The molecule has 1 unspecified atom stereocenters. The summed E-state index contributed by atoms with van der Waals surface area (Å²) in [6.07, 6.45) is 2.20. The van der Waals surface area contributed by atoms with Crippen molar-refractivity contribution in [3.05, 3.63) is 71.5 Å². The van der Waals surface area contributed by atoms with Crippen LogP contribution >= 0.6 is 0 Å². The van der Waals surface area contributed by atoms with Crippen LogP contribution in [0.5, 0.6) is 0 Å². The van der Waals surface area contributed by atoms with Gasteiger partial charge in [-0.3, -0.25) is 4.79 Å². The molecule has 128 valence electrons. The molecule has 1 aliphatic carbocycles. The molecule has 5 heteroatoms. The third-order valence-electron chi connectivity index (χ3n) is 4.76. The van der Waals surface area contributed by atoms with Crippen LogP contribution in [-0.2, 0) is 21.6 Å². The van der Waals surface area contributed by atoms with E-state index in [0.717, 1.165) is 29.7 Å². The second-order valence-corrected chi connectivity index (χ2v) is 6.70. The second kappa shape index (κ2) is 6.31. The molecule has 2 aliphatic rings. The summed E-state index contributed by atoms with van der Waals surface area (Å²) < 4.78 is 13.3. The average Bonchev–Trinajstić information content (AvgIpc) is 3.25. The topological polar surface area (TPSA) is 50.7 Å². The number of rotatable bonds is 5. The minimum Gasteiger partial charge on any atom is -0.382 e. The Kier molecular flexibility index (Phi) is 3.99. The molecule has 0 spiro atoms. The van der Waals surface area contributed by atoms with Crippen molar-refractivity contribution in [1.29, 1.82) is 0 Å². The summed E-state index contributed by atoms with van der Waals surface area (Å²) >= 11 is 0. The van der Waals surface area contributed by atoms with E-state index in [1.807, 2.05) is 36.4 Å². The molecule has 1 N–H and O–H groups in total. The maximum atomic E-state index is 13.3. The van der Waals surface area contributed by atoms with Crippen molar-refractivity contribution < 1.29 is 14.0 Å². The van der Waals surface area contributed by atoms with Crippen molar-refractivity contribution in [2.45, 2.75) is 37.3 Å². The Balaban J connectivity index is 1.36. The van der Waals surface area contributed by atoms with Gasteiger partial charge in [0.15, 0.2) is 0 Å². The number of carbonyl (C=O) groups excluding carboxylic acids is 1. The number of amides is 1. The number of carbonyl (C=O) groups is 1. The highest BCUT2D eigenvalue weighted by Gasteiger charge is 2.47. The molecule has 2 aromatic carbocycles. The van der Waals surface area contributed by atoms with Crippen molar-refractivity contribution in [3.63, 3.8) is 0 Å². The van der Waals surface area contributed by atoms with Crippen LogP contribution in [-0.4, -0.2) is 17.7 Å². The van der Waals surface area contributed by atoms with E-state index in [1.165, 1.54) is 12.1 Å². The van der Waals surface area contributed by atoms with E-state index in [-0.39, 0.29) is 17.3 Å². The largest absolute Gasteiger partial charge is 0.382 e. The summed E-state index contributed by atoms with van der Waals surface area (Å²) in [5, 5.41) is 7.14. The highest BCUT2D eigenvalue weighted by molar-refractivity contribution is 5.94. The van der Waals surface area contributed by atoms with Crippen molar-refractivity contribution in [1.82, 2.24) is 5.32 Å². The first kappa shape index (κ1) is 15.8. The van der Waals surface area contributed by atoms with Gasteiger partial charge in [-0.1, -0.05) is 47.6 Å². The van der Waals surface area contributed by atoms with Gasteiger partial charge in [0.05, 0.1) is 11.3 Å². The van der Waals surface area contributed by atoms with Crippen LogP contribution in [0.1, 0.15) is 30.4 Å². The predicted molar refractivity (Wildman–Crippen MR) is 92.5 cm³/mol. The summed E-state index contributed by atoms with van der Waals surface area (Å²) in [6, 6.07) is 16.4. The van der Waals surface area contributed by atoms with Crippen molar-refractivity contribution in [2.24, 2.45) is 5.16 Å². The molecule has 4 rings (SSSR count). The number of benzene rings is 2. The molecule has 1 saturated carbocycles. The molecule has 0 bridgehead atoms. The van der Waals surface area contributed by atoms with E-state index in [9.17, 15) is 9.18 Å². The Morgan fingerprint density at radius 3 is 2.72 bits per heavy atom. The number of hydrogen-bond acceptors (Lipinski definition) is 3. The van der Waals surface area contributed by atoms with E-state index in [2.05, 4.69) is 10.5 Å². The molecule has 1 aliphatic heterocycles. The minimum atomic E-state index is -0.607. The zero-order chi connectivity index (χ0) is 17.3. The molecule has 1 fully saturated rings. The number of nitrogens with zero attached hydrogens (tertiary/aromatic N) is 1. The third-order valence-corrected chi connectivity index (χ3v) is 4.76. The van der Waals surface area contributed by atoms with Crippen LogP contribution in [0.25, 0.3) is 0 Å². The predicted octanol–water partition coefficient (Wildman–Crippen LogP) is 3.32. The van der Waals surface area contributed by atoms with Gasteiger partial charge in [0.2, 0.25) is 6.10 Å². The first-order chi connectivity index (χ1) is 12.1. The summed E-state index contributed by atoms with van der Waals surface area (Å²) in [7, 11) is 0. The van der Waals surface area contributed by atoms with Crippen LogP contribution < -0.4 is 5.32 Å². The fraction of sp³-hybridized carbons (Fsp3) is 0.300. The molecule has 0 aromatic heterocycles. The lowest BCUT2D eigenvalue weighted by atomic mass is 10.0. The zero-order valence-corrected chi connectivity index (χ0v) is 13.7. The molecule has 0 saturated heterocycles. The fourth-order valence-corrected chi connectivity index (χ4v) is 3.24. The number of nitrogens with one attached hydrogen (secondary N) is 1. The van der Waals surface area contributed by atoms with Gasteiger partial charge in [-0.25, -0.2) is 4.39 Å². The van der Waals surface area contributed by atoms with E-state index in [0.29, 0.717) is 12.8 Å². The first-order valence-electron chi connectivity index (χ1n) is 8.48. The van der Waals surface area contributed by atoms with Gasteiger partial charge in [-0.2, -0.15) is 0 Å². The molecule has 1 atom stereocenters. The molecule has 1 amide bonds. The van der Waals surface area contributed by atoms with Gasteiger partial charge in [-0.05, 0) is 36.1 Å². The fourth-order valence-electron chi connectivity index (χ4n) is 3.24. The maximum Gasteiger partial charge on any atom is 0.265 e. The second-order valence-electron chi connectivity index (χ2n) is 6.70. The standard InChI is InChI=1S/C20H19FN2O2/c21-16-8-4-5-14(11-16)12-17-13-18(25-23-17)19(24)22-20(9-10-20)15-6-2-1-3-7-15/h1-8,11,18H,9-10,12-13H2,(H,22,24). The van der Waals surface area contributed by atoms with Crippen molar-refractivity contribution >= 4 is 11.6 Å². The van der Waals surface area contributed by atoms with Crippen LogP contribution in [0.2, 0.25) is 0 Å². The third kappa shape index (κ3) is 3.40. The molecule has 0 radical (unpaired) electrons. The van der Waals surface area contributed by atoms with Crippen molar-refractivity contribution in [3.8, 4) is 0 Å². The highest BCUT2D eigenvalue weighted by atomic mass is 19.1. The van der Waals surface area contributed by atoms with Gasteiger partial charge >= 0.3 is 0 Å². The lowest BCUT2D eigenvalue weighted by Gasteiger charge is -2.19. The van der Waals surface area contributed by atoms with Crippen molar-refractivity contribution in [2.75, 3.05) is 0 Å². The molecular weight excluding hydrogens is 319 g/mol. The SMILES string of the molecule is O=C(NC1(c2ccccc2)CC1)C1CC(Cc2cccc(F)c2)=NO1. The highest BCUT2D eigenvalue weighted by Crippen LogP contribution is 2.45. The van der Waals surface area contributed by atoms with E-state index >= 15 is 0 Å². The van der Waals surface area contributed by atoms with Crippen LogP contribution in [0, 0.1) is 5.82 Å². The average molecular weight is 338 g/mol. The van der Waals surface area contributed by atoms with Gasteiger partial charge in [0, 0.05) is 12.8 Å². The van der Waals surface area contributed by atoms with Crippen LogP contribution in [0.4, 0.5) is 4.39 Å². The van der Waals surface area contributed by atoms with E-state index in [1.54, 1.807) is 6.07 Å². The molecule has 2 aromatic rings. The van der Waals surface area contributed by atoms with Crippen LogP contribution in [0.15, 0.2) is 59.8 Å². The van der Waals surface area contributed by atoms with Gasteiger partial charge in [-0.15, -0.1) is 0 Å². The lowest BCUT2D eigenvalue weighted by molar-refractivity contribution is -0.132. The Bertz CT molecular complexity index is 815. The zero-order valence-electron chi connectivity index (χ0n) is 13.7. The lowest BCUT2D eigenvalue weighted by Crippen LogP contribution is -2.41. The monoisotopic (exact) mass is 338 g/mol. The maximum absolute atomic E-state index is 13.3. The van der Waals surface area contributed by atoms with Gasteiger partial charge in [0.1, 0.15) is 5.82 Å². The molecular formula is C20H19FN2O2. The normalized spacial score (nSPS) is 20.5. The first-order valence-corrected chi connectivity index (χ1v) is 8.48. The Labute approximate surface area is 145 Å². The number of oxime groups is 1. The number of halogens is 1. The van der Waals surface area contributed by atoms with Crippen LogP contribution in [0.3, 0.4) is 0 Å². The molecule has 4 nitrogen and oxygen atoms in total. The van der Waals surface area contributed by atoms with E-state index < -0.39 is 6.10 Å². The summed E-state index contributed by atoms with van der Waals surface area (Å²) in [5.74, 6) is -0.413. The molecule has 1 heterocycles. The van der Waals surface area contributed by atoms with Gasteiger partial charge in [0.25, 0.3) is 5.91 Å². The quantitative estimate of drug-likeness (QED) is 0.909. The van der Waals surface area contributed by atoms with E-state index in [4.69, 9.17) is 4.84 Å². The molecule has 25 heavy (non-hydrogen) atoms. The number of hydrogen-bond donors (Lipinski definition) is 1. The summed E-state index contributed by atoms with van der Waals surface area (Å²) in [4.78, 5) is 17.9. The Morgan fingerprint density at radius 2 is 2.00 bits per heavy atom. The van der Waals surface area contributed by atoms with Gasteiger partial charge < -0.3 is 10.2 Å². The Morgan fingerprint density at radius 1 is 1.20 bits per heavy atom. The summed E-state index contributed by atoms with van der Waals surface area (Å²) in [5.41, 5.74) is 2.46.